The second-order valence-electron chi connectivity index (χ2n) is 11.1. The number of carbonyl (C=O) groups excluding carboxylic acids is 1. The highest BCUT2D eigenvalue weighted by atomic mass is 16.5. The van der Waals surface area contributed by atoms with E-state index in [-0.39, 0.29) is 24.6 Å². The molecule has 0 saturated heterocycles. The van der Waals surface area contributed by atoms with Gasteiger partial charge in [0.2, 0.25) is 0 Å². The van der Waals surface area contributed by atoms with Gasteiger partial charge in [0.1, 0.15) is 0 Å². The Labute approximate surface area is 269 Å². The van der Waals surface area contributed by atoms with Crippen molar-refractivity contribution in [2.24, 2.45) is 0 Å². The number of hydrogen-bond donors (Lipinski definition) is 1. The molecule has 6 aromatic rings. The molecule has 0 amide bonds. The number of esters is 1. The molecule has 0 aliphatic heterocycles. The third-order valence-electron chi connectivity index (χ3n) is 8.27. The summed E-state index contributed by atoms with van der Waals surface area (Å²) in [5.41, 5.74) is 5.20. The summed E-state index contributed by atoms with van der Waals surface area (Å²) in [5.74, 6) is -0.309. The van der Waals surface area contributed by atoms with Gasteiger partial charge >= 0.3 is 5.97 Å². The molecule has 46 heavy (non-hydrogen) atoms. The second-order valence-corrected chi connectivity index (χ2v) is 11.1. The molecule has 1 N–H and O–H groups in total. The Morgan fingerprint density at radius 1 is 0.696 bits per heavy atom. The molecule has 5 nitrogen and oxygen atoms in total. The van der Waals surface area contributed by atoms with E-state index < -0.39 is 11.6 Å². The van der Waals surface area contributed by atoms with E-state index in [9.17, 15) is 9.59 Å². The largest absolute Gasteiger partial charge is 0.466 e. The van der Waals surface area contributed by atoms with Crippen molar-refractivity contribution >= 4 is 5.97 Å². The zero-order valence-electron chi connectivity index (χ0n) is 25.8. The van der Waals surface area contributed by atoms with Crippen LogP contribution in [0.15, 0.2) is 169 Å². The van der Waals surface area contributed by atoms with Crippen molar-refractivity contribution in [1.82, 2.24) is 9.88 Å². The van der Waals surface area contributed by atoms with Gasteiger partial charge in [-0.2, -0.15) is 0 Å². The van der Waals surface area contributed by atoms with Crippen molar-refractivity contribution < 1.29 is 9.53 Å². The number of ether oxygens (including phenoxy) is 1. The first-order valence-electron chi connectivity index (χ1n) is 15.6. The van der Waals surface area contributed by atoms with Gasteiger partial charge in [0.25, 0.3) is 5.56 Å². The fourth-order valence-corrected chi connectivity index (χ4v) is 6.14. The molecular formula is C41H36N2O3. The number of benzene rings is 5. The first kappa shape index (κ1) is 30.5. The van der Waals surface area contributed by atoms with Gasteiger partial charge in [0.05, 0.1) is 18.6 Å². The minimum absolute atomic E-state index is 0.0878. The molecule has 1 atom stereocenters. The van der Waals surface area contributed by atoms with Crippen LogP contribution in [-0.2, 0) is 15.1 Å². The van der Waals surface area contributed by atoms with Crippen LogP contribution in [0.3, 0.4) is 0 Å². The summed E-state index contributed by atoms with van der Waals surface area (Å²) in [6.45, 7) is 2.10. The highest BCUT2D eigenvalue weighted by molar-refractivity contribution is 5.71. The van der Waals surface area contributed by atoms with Crippen LogP contribution < -0.4 is 10.9 Å². The first-order valence-corrected chi connectivity index (χ1v) is 15.6. The Morgan fingerprint density at radius 2 is 1.24 bits per heavy atom. The maximum absolute atomic E-state index is 13.8. The summed E-state index contributed by atoms with van der Waals surface area (Å²) in [6.07, 6.45) is 1.87. The van der Waals surface area contributed by atoms with E-state index in [1.807, 2.05) is 128 Å². The Kier molecular flexibility index (Phi) is 9.32. The van der Waals surface area contributed by atoms with Gasteiger partial charge in [-0.25, -0.2) is 0 Å². The molecule has 1 unspecified atom stereocenters. The maximum Gasteiger partial charge on any atom is 0.307 e. The number of aromatic nitrogens is 1. The van der Waals surface area contributed by atoms with Crippen molar-refractivity contribution in [3.8, 4) is 16.8 Å². The summed E-state index contributed by atoms with van der Waals surface area (Å²) in [6, 6.07) is 51.6. The van der Waals surface area contributed by atoms with Gasteiger partial charge < -0.3 is 4.74 Å². The highest BCUT2D eigenvalue weighted by Crippen LogP contribution is 2.40. The summed E-state index contributed by atoms with van der Waals surface area (Å²) in [4.78, 5) is 27.0. The van der Waals surface area contributed by atoms with Gasteiger partial charge in [0.15, 0.2) is 0 Å². The fourth-order valence-electron chi connectivity index (χ4n) is 6.14. The average molecular weight is 605 g/mol. The molecule has 0 saturated carbocycles. The third kappa shape index (κ3) is 6.32. The average Bonchev–Trinajstić information content (AvgIpc) is 3.12. The lowest BCUT2D eigenvalue weighted by Crippen LogP contribution is -2.47. The van der Waals surface area contributed by atoms with Crippen LogP contribution in [0.25, 0.3) is 16.8 Å². The van der Waals surface area contributed by atoms with Crippen molar-refractivity contribution in [1.29, 1.82) is 0 Å². The molecule has 5 aromatic carbocycles. The Morgan fingerprint density at radius 3 is 1.78 bits per heavy atom. The van der Waals surface area contributed by atoms with Crippen LogP contribution in [0.5, 0.6) is 0 Å². The van der Waals surface area contributed by atoms with Gasteiger partial charge in [-0.1, -0.05) is 133 Å². The molecule has 6 rings (SSSR count). The van der Waals surface area contributed by atoms with Crippen LogP contribution in [0.1, 0.15) is 41.6 Å². The maximum atomic E-state index is 13.8. The first-order chi connectivity index (χ1) is 22.6. The number of carbonyl (C=O) groups is 1. The quantitative estimate of drug-likeness (QED) is 0.120. The summed E-state index contributed by atoms with van der Waals surface area (Å²) < 4.78 is 7.15. The van der Waals surface area contributed by atoms with Crippen LogP contribution in [0.4, 0.5) is 0 Å². The topological polar surface area (TPSA) is 60.3 Å². The van der Waals surface area contributed by atoms with E-state index >= 15 is 0 Å². The lowest BCUT2D eigenvalue weighted by molar-refractivity contribution is -0.143. The van der Waals surface area contributed by atoms with Gasteiger partial charge in [-0.3, -0.25) is 19.5 Å². The monoisotopic (exact) mass is 604 g/mol. The van der Waals surface area contributed by atoms with Crippen molar-refractivity contribution in [2.45, 2.75) is 24.9 Å². The predicted octanol–water partition coefficient (Wildman–Crippen LogP) is 8.08. The van der Waals surface area contributed by atoms with E-state index in [0.717, 1.165) is 27.8 Å². The zero-order valence-corrected chi connectivity index (χ0v) is 25.8. The molecule has 5 heteroatoms. The SMILES string of the molecule is CCOC(=O)CC(NC(c1ccccc1)(c1ccccc1)c1ccccc1)c1cccc(-n2cccc(-c3ccccc3)c2=O)c1. The number of nitrogens with zero attached hydrogens (tertiary/aromatic N) is 1. The number of rotatable bonds is 11. The van der Waals surface area contributed by atoms with Crippen molar-refractivity contribution in [2.75, 3.05) is 6.61 Å². The molecular weight excluding hydrogens is 568 g/mol. The van der Waals surface area contributed by atoms with E-state index in [1.54, 1.807) is 10.8 Å². The van der Waals surface area contributed by atoms with E-state index in [4.69, 9.17) is 4.74 Å². The molecule has 0 fully saturated rings. The number of hydrogen-bond acceptors (Lipinski definition) is 4. The van der Waals surface area contributed by atoms with Crippen molar-refractivity contribution in [3.63, 3.8) is 0 Å². The summed E-state index contributed by atoms with van der Waals surface area (Å²) in [7, 11) is 0. The second kappa shape index (κ2) is 14.1. The van der Waals surface area contributed by atoms with Crippen LogP contribution >= 0.6 is 0 Å². The molecule has 1 heterocycles. The highest BCUT2D eigenvalue weighted by Gasteiger charge is 2.39. The molecule has 0 spiro atoms. The fraction of sp³-hybridized carbons (Fsp3) is 0.122. The molecule has 0 bridgehead atoms. The predicted molar refractivity (Wildman–Crippen MR) is 184 cm³/mol. The lowest BCUT2D eigenvalue weighted by atomic mass is 9.76. The van der Waals surface area contributed by atoms with Gasteiger partial charge in [-0.15, -0.1) is 0 Å². The third-order valence-corrected chi connectivity index (χ3v) is 8.27. The molecule has 0 aliphatic carbocycles. The smallest absolute Gasteiger partial charge is 0.307 e. The summed E-state index contributed by atoms with van der Waals surface area (Å²) in [5, 5.41) is 3.96. The van der Waals surface area contributed by atoms with Crippen LogP contribution in [0, 0.1) is 0 Å². The Balaban J connectivity index is 1.51. The minimum atomic E-state index is -0.818. The van der Waals surface area contributed by atoms with Crippen molar-refractivity contribution in [3.05, 3.63) is 197 Å². The van der Waals surface area contributed by atoms with E-state index in [1.165, 1.54) is 0 Å². The van der Waals surface area contributed by atoms with Crippen LogP contribution in [-0.4, -0.2) is 17.1 Å². The zero-order chi connectivity index (χ0) is 31.8. The van der Waals surface area contributed by atoms with E-state index in [2.05, 4.69) is 41.7 Å². The minimum Gasteiger partial charge on any atom is -0.466 e. The van der Waals surface area contributed by atoms with Crippen LogP contribution in [0.2, 0.25) is 0 Å². The Bertz CT molecular complexity index is 1840. The number of pyridine rings is 1. The summed E-state index contributed by atoms with van der Waals surface area (Å²) >= 11 is 0. The van der Waals surface area contributed by atoms with E-state index in [0.29, 0.717) is 11.3 Å². The lowest BCUT2D eigenvalue weighted by Gasteiger charge is -2.40. The molecule has 228 valence electrons. The molecule has 1 aromatic heterocycles. The normalized spacial score (nSPS) is 11.9. The molecule has 0 aliphatic rings. The van der Waals surface area contributed by atoms with Gasteiger partial charge in [0, 0.05) is 23.5 Å². The Hall–Kier alpha value is -5.52. The van der Waals surface area contributed by atoms with Gasteiger partial charge in [-0.05, 0) is 59.0 Å². The number of nitrogens with one attached hydrogen (secondary N) is 1. The standard InChI is InChI=1S/C41H36N2O3/c1-2-46-39(44)30-38(32-19-15-26-36(29-32)43-28-16-27-37(40(43)45)31-17-7-3-8-18-31)42-41(33-20-9-4-10-21-33,34-22-11-5-12-23-34)35-24-13-6-14-25-35/h3-29,38,42H,2,30H2,1H3. The molecule has 0 radical (unpaired) electrons.